The molecular formula is C20H20N6O4S. The van der Waals surface area contributed by atoms with Crippen molar-refractivity contribution < 1.29 is 19.1 Å². The van der Waals surface area contributed by atoms with E-state index in [1.54, 1.807) is 18.7 Å². The summed E-state index contributed by atoms with van der Waals surface area (Å²) in [5.41, 5.74) is 11.7. The van der Waals surface area contributed by atoms with E-state index < -0.39 is 11.8 Å². The summed E-state index contributed by atoms with van der Waals surface area (Å²) in [6.07, 6.45) is 0. The third-order valence-electron chi connectivity index (χ3n) is 4.28. The van der Waals surface area contributed by atoms with Crippen molar-refractivity contribution in [3.05, 3.63) is 53.6 Å². The number of ether oxygens (including phenoxy) is 1. The molecule has 11 heteroatoms. The molecule has 5 N–H and O–H groups in total. The number of benzene rings is 2. The summed E-state index contributed by atoms with van der Waals surface area (Å²) in [6, 6.07) is 11.4. The van der Waals surface area contributed by atoms with Crippen molar-refractivity contribution in [1.82, 2.24) is 14.8 Å². The summed E-state index contributed by atoms with van der Waals surface area (Å²) in [4.78, 5) is 35.3. The van der Waals surface area contributed by atoms with Crippen LogP contribution in [-0.2, 0) is 11.8 Å². The van der Waals surface area contributed by atoms with Crippen molar-refractivity contribution in [1.29, 1.82) is 0 Å². The van der Waals surface area contributed by atoms with E-state index in [1.165, 1.54) is 30.0 Å². The number of thioether (sulfide) groups is 1. The van der Waals surface area contributed by atoms with Crippen LogP contribution in [-0.4, -0.2) is 45.3 Å². The molecule has 1 heterocycles. The van der Waals surface area contributed by atoms with Gasteiger partial charge in [0.1, 0.15) is 5.75 Å². The monoisotopic (exact) mass is 440 g/mol. The van der Waals surface area contributed by atoms with E-state index in [0.29, 0.717) is 16.7 Å². The predicted octanol–water partition coefficient (Wildman–Crippen LogP) is 1.42. The second kappa shape index (κ2) is 9.30. The van der Waals surface area contributed by atoms with Crippen molar-refractivity contribution in [2.75, 3.05) is 18.2 Å². The second-order valence-electron chi connectivity index (χ2n) is 6.46. The van der Waals surface area contributed by atoms with Gasteiger partial charge < -0.3 is 26.1 Å². The highest BCUT2D eigenvalue weighted by atomic mass is 32.2. The fourth-order valence-corrected chi connectivity index (χ4v) is 3.48. The molecule has 0 aliphatic rings. The van der Waals surface area contributed by atoms with Crippen molar-refractivity contribution in [3.8, 4) is 17.1 Å². The van der Waals surface area contributed by atoms with Crippen LogP contribution in [0.25, 0.3) is 11.4 Å². The van der Waals surface area contributed by atoms with Crippen LogP contribution in [0, 0.1) is 0 Å². The molecule has 0 saturated heterocycles. The molecule has 10 nitrogen and oxygen atoms in total. The van der Waals surface area contributed by atoms with Crippen LogP contribution < -0.4 is 21.5 Å². The molecular weight excluding hydrogens is 420 g/mol. The maximum absolute atomic E-state index is 12.4. The minimum absolute atomic E-state index is 0.0246. The maximum Gasteiger partial charge on any atom is 0.248 e. The number of amides is 3. The minimum atomic E-state index is -0.739. The maximum atomic E-state index is 12.4. The topological polar surface area (TPSA) is 155 Å². The normalized spacial score (nSPS) is 10.5. The third kappa shape index (κ3) is 5.20. The smallest absolute Gasteiger partial charge is 0.248 e. The number of hydrogen-bond donors (Lipinski definition) is 3. The molecule has 0 aliphatic carbocycles. The average Bonchev–Trinajstić information content (AvgIpc) is 3.12. The Kier molecular flexibility index (Phi) is 6.55. The first kappa shape index (κ1) is 21.8. The summed E-state index contributed by atoms with van der Waals surface area (Å²) >= 11 is 1.18. The Bertz CT molecular complexity index is 1130. The van der Waals surface area contributed by atoms with Gasteiger partial charge in [-0.25, -0.2) is 0 Å². The molecule has 0 fully saturated rings. The van der Waals surface area contributed by atoms with Crippen molar-refractivity contribution in [2.24, 2.45) is 18.5 Å². The van der Waals surface area contributed by atoms with Gasteiger partial charge in [0.05, 0.1) is 12.9 Å². The van der Waals surface area contributed by atoms with Crippen LogP contribution >= 0.6 is 11.8 Å². The first-order valence-electron chi connectivity index (χ1n) is 8.99. The molecule has 0 unspecified atom stereocenters. The Balaban J connectivity index is 1.70. The Morgan fingerprint density at radius 1 is 1.06 bits per heavy atom. The summed E-state index contributed by atoms with van der Waals surface area (Å²) in [5, 5.41) is 11.5. The average molecular weight is 440 g/mol. The van der Waals surface area contributed by atoms with Gasteiger partial charge in [0.25, 0.3) is 0 Å². The molecule has 0 radical (unpaired) electrons. The van der Waals surface area contributed by atoms with Gasteiger partial charge in [0.15, 0.2) is 11.0 Å². The highest BCUT2D eigenvalue weighted by Crippen LogP contribution is 2.25. The Hall–Kier alpha value is -3.86. The summed E-state index contributed by atoms with van der Waals surface area (Å²) < 4.78 is 7.00. The van der Waals surface area contributed by atoms with Crippen molar-refractivity contribution >= 4 is 35.2 Å². The number of rotatable bonds is 8. The number of carbonyl (C=O) groups excluding carboxylic acids is 3. The molecule has 0 spiro atoms. The van der Waals surface area contributed by atoms with Gasteiger partial charge >= 0.3 is 0 Å². The van der Waals surface area contributed by atoms with E-state index in [2.05, 4.69) is 15.5 Å². The lowest BCUT2D eigenvalue weighted by Gasteiger charge is -2.08. The van der Waals surface area contributed by atoms with E-state index >= 15 is 0 Å². The summed E-state index contributed by atoms with van der Waals surface area (Å²) in [6.45, 7) is 0. The van der Waals surface area contributed by atoms with E-state index in [0.717, 1.165) is 5.56 Å². The van der Waals surface area contributed by atoms with Crippen LogP contribution in [0.2, 0.25) is 0 Å². The van der Waals surface area contributed by atoms with E-state index in [-0.39, 0.29) is 28.5 Å². The SMILES string of the molecule is COc1cccc(-c2nnc(SCC(=O)Nc3cc(C(N)=O)cc(C(N)=O)c3)n2C)c1. The molecule has 0 saturated carbocycles. The van der Waals surface area contributed by atoms with Crippen LogP contribution in [0.3, 0.4) is 0 Å². The molecule has 2 aromatic carbocycles. The quantitative estimate of drug-likeness (QED) is 0.447. The number of hydrogen-bond acceptors (Lipinski definition) is 7. The second-order valence-corrected chi connectivity index (χ2v) is 7.40. The standard InChI is InChI=1S/C20H20N6O4S/c1-26-19(11-4-3-5-15(9-11)30-2)24-25-20(26)31-10-16(27)23-14-7-12(17(21)28)6-13(8-14)18(22)29/h3-9H,10H2,1-2H3,(H2,21,28)(H2,22,29)(H,23,27). The number of nitrogens with zero attached hydrogens (tertiary/aromatic N) is 3. The first-order valence-corrected chi connectivity index (χ1v) is 9.98. The van der Waals surface area contributed by atoms with Gasteiger partial charge in [-0.05, 0) is 30.3 Å². The highest BCUT2D eigenvalue weighted by Gasteiger charge is 2.15. The number of methoxy groups -OCH3 is 1. The van der Waals surface area contributed by atoms with Crippen molar-refractivity contribution in [2.45, 2.75) is 5.16 Å². The van der Waals surface area contributed by atoms with Gasteiger partial charge in [-0.1, -0.05) is 23.9 Å². The van der Waals surface area contributed by atoms with E-state index in [4.69, 9.17) is 16.2 Å². The third-order valence-corrected chi connectivity index (χ3v) is 5.30. The number of anilines is 1. The first-order chi connectivity index (χ1) is 14.8. The number of primary amides is 2. The molecule has 3 rings (SSSR count). The lowest BCUT2D eigenvalue weighted by atomic mass is 10.1. The van der Waals surface area contributed by atoms with Gasteiger partial charge in [-0.2, -0.15) is 0 Å². The van der Waals surface area contributed by atoms with Gasteiger partial charge in [0, 0.05) is 29.4 Å². The molecule has 1 aromatic heterocycles. The summed E-state index contributed by atoms with van der Waals surface area (Å²) in [7, 11) is 3.38. The van der Waals surface area contributed by atoms with Crippen LogP contribution in [0.1, 0.15) is 20.7 Å². The van der Waals surface area contributed by atoms with Crippen molar-refractivity contribution in [3.63, 3.8) is 0 Å². The Labute approximate surface area is 182 Å². The molecule has 3 aromatic rings. The number of aromatic nitrogens is 3. The zero-order valence-electron chi connectivity index (χ0n) is 16.8. The lowest BCUT2D eigenvalue weighted by Crippen LogP contribution is -2.19. The predicted molar refractivity (Wildman–Crippen MR) is 116 cm³/mol. The lowest BCUT2D eigenvalue weighted by molar-refractivity contribution is -0.113. The molecule has 0 atom stereocenters. The molecule has 31 heavy (non-hydrogen) atoms. The zero-order valence-corrected chi connectivity index (χ0v) is 17.6. The highest BCUT2D eigenvalue weighted by molar-refractivity contribution is 7.99. The fourth-order valence-electron chi connectivity index (χ4n) is 2.77. The fraction of sp³-hybridized carbons (Fsp3) is 0.150. The Morgan fingerprint density at radius 3 is 2.35 bits per heavy atom. The van der Waals surface area contributed by atoms with Gasteiger partial charge in [-0.3, -0.25) is 14.4 Å². The molecule has 0 aliphatic heterocycles. The molecule has 0 bridgehead atoms. The van der Waals surface area contributed by atoms with Crippen LogP contribution in [0.5, 0.6) is 5.75 Å². The number of carbonyl (C=O) groups is 3. The van der Waals surface area contributed by atoms with Gasteiger partial charge in [0.2, 0.25) is 17.7 Å². The number of nitrogens with two attached hydrogens (primary N) is 2. The van der Waals surface area contributed by atoms with Crippen LogP contribution in [0.15, 0.2) is 47.6 Å². The molecule has 3 amide bonds. The van der Waals surface area contributed by atoms with E-state index in [9.17, 15) is 14.4 Å². The minimum Gasteiger partial charge on any atom is -0.497 e. The largest absolute Gasteiger partial charge is 0.497 e. The van der Waals surface area contributed by atoms with Gasteiger partial charge in [-0.15, -0.1) is 10.2 Å². The summed E-state index contributed by atoms with van der Waals surface area (Å²) in [5.74, 6) is -0.497. The zero-order chi connectivity index (χ0) is 22.5. The van der Waals surface area contributed by atoms with E-state index in [1.807, 2.05) is 24.3 Å². The molecule has 160 valence electrons. The number of nitrogens with one attached hydrogen (secondary N) is 1. The Morgan fingerprint density at radius 2 is 1.74 bits per heavy atom. The van der Waals surface area contributed by atoms with Crippen LogP contribution in [0.4, 0.5) is 5.69 Å².